The van der Waals surface area contributed by atoms with Crippen molar-refractivity contribution in [3.63, 3.8) is 0 Å². The number of fused-ring (bicyclic) bond motifs is 1. The Morgan fingerprint density at radius 2 is 1.91 bits per heavy atom. The minimum absolute atomic E-state index is 0.142. The molecule has 34 heavy (non-hydrogen) atoms. The van der Waals surface area contributed by atoms with E-state index < -0.39 is 5.41 Å². The number of ether oxygens (including phenoxy) is 1. The molecule has 7 nitrogen and oxygen atoms in total. The number of thiazole rings is 1. The Morgan fingerprint density at radius 1 is 1.18 bits per heavy atom. The summed E-state index contributed by atoms with van der Waals surface area (Å²) in [7, 11) is 0. The number of aliphatic hydroxyl groups is 1. The van der Waals surface area contributed by atoms with Crippen LogP contribution in [0.3, 0.4) is 0 Å². The van der Waals surface area contributed by atoms with E-state index in [-0.39, 0.29) is 25.1 Å². The lowest BCUT2D eigenvalue weighted by molar-refractivity contribution is -0.156. The van der Waals surface area contributed by atoms with Gasteiger partial charge in [0.05, 0.1) is 29.2 Å². The summed E-state index contributed by atoms with van der Waals surface area (Å²) in [5.41, 5.74) is 4.33. The fourth-order valence-corrected chi connectivity index (χ4v) is 5.54. The molecular weight excluding hydrogens is 448 g/mol. The molecule has 4 rings (SSSR count). The first kappa shape index (κ1) is 24.0. The first-order valence-corrected chi connectivity index (χ1v) is 12.2. The number of aromatic nitrogens is 4. The molecule has 1 N–H and O–H groups in total. The van der Waals surface area contributed by atoms with Crippen LogP contribution in [0.25, 0.3) is 11.0 Å². The van der Waals surface area contributed by atoms with E-state index in [1.165, 1.54) is 11.3 Å². The Balaban J connectivity index is 1.78. The maximum Gasteiger partial charge on any atom is 0.312 e. The predicted molar refractivity (Wildman–Crippen MR) is 133 cm³/mol. The van der Waals surface area contributed by atoms with Gasteiger partial charge in [0, 0.05) is 11.4 Å². The number of aliphatic hydroxyl groups excluding tert-OH is 1. The summed E-state index contributed by atoms with van der Waals surface area (Å²) in [5, 5.41) is 19.2. The van der Waals surface area contributed by atoms with Crippen LogP contribution in [0, 0.1) is 19.3 Å². The topological polar surface area (TPSA) is 90.1 Å². The minimum atomic E-state index is -0.926. The van der Waals surface area contributed by atoms with Gasteiger partial charge in [0.2, 0.25) is 0 Å². The number of hydrogen-bond acceptors (Lipinski definition) is 7. The minimum Gasteiger partial charge on any atom is -0.460 e. The van der Waals surface area contributed by atoms with Crippen LogP contribution in [-0.2, 0) is 29.3 Å². The maximum absolute atomic E-state index is 13.5. The number of benzene rings is 2. The van der Waals surface area contributed by atoms with Crippen LogP contribution in [0.1, 0.15) is 59.0 Å². The number of aryl methyl sites for hydroxylation is 3. The van der Waals surface area contributed by atoms with Crippen molar-refractivity contribution in [2.24, 2.45) is 5.41 Å². The summed E-state index contributed by atoms with van der Waals surface area (Å²) in [4.78, 5) is 19.2. The van der Waals surface area contributed by atoms with Gasteiger partial charge in [0.1, 0.15) is 17.1 Å². The van der Waals surface area contributed by atoms with Crippen molar-refractivity contribution in [2.45, 2.75) is 60.3 Å². The van der Waals surface area contributed by atoms with Crippen molar-refractivity contribution >= 4 is 28.3 Å². The standard InChI is InChI=1S/C26H30N4O3S/c1-6-30-21-13-12-19(16(2)23(21)28-29-30)22(24-27-20(14-31)17(3)34-24)26(4,5)25(32)33-15-18-10-8-7-9-11-18/h7-13,22,31H,6,14-15H2,1-5H3/t22-/m1/s1. The highest BCUT2D eigenvalue weighted by molar-refractivity contribution is 7.11. The number of rotatable bonds is 8. The highest BCUT2D eigenvalue weighted by Gasteiger charge is 2.43. The summed E-state index contributed by atoms with van der Waals surface area (Å²) in [6.07, 6.45) is 0. The van der Waals surface area contributed by atoms with Crippen LogP contribution < -0.4 is 0 Å². The van der Waals surface area contributed by atoms with E-state index in [0.717, 1.165) is 44.2 Å². The molecule has 0 aliphatic heterocycles. The zero-order valence-electron chi connectivity index (χ0n) is 20.2. The largest absolute Gasteiger partial charge is 0.460 e. The van der Waals surface area contributed by atoms with Crippen LogP contribution in [0.2, 0.25) is 0 Å². The molecule has 0 radical (unpaired) electrons. The molecule has 0 spiro atoms. The summed E-state index contributed by atoms with van der Waals surface area (Å²) in [6, 6.07) is 13.7. The van der Waals surface area contributed by atoms with E-state index in [1.54, 1.807) is 0 Å². The van der Waals surface area contributed by atoms with Gasteiger partial charge in [-0.3, -0.25) is 4.79 Å². The van der Waals surface area contributed by atoms with Crippen molar-refractivity contribution in [3.8, 4) is 0 Å². The van der Waals surface area contributed by atoms with Crippen molar-refractivity contribution < 1.29 is 14.6 Å². The molecular formula is C26H30N4O3S. The average molecular weight is 479 g/mol. The Hall–Kier alpha value is -3.10. The van der Waals surface area contributed by atoms with Crippen LogP contribution in [0.15, 0.2) is 42.5 Å². The first-order chi connectivity index (χ1) is 16.3. The second-order valence-corrected chi connectivity index (χ2v) is 10.2. The van der Waals surface area contributed by atoms with E-state index in [1.807, 2.05) is 81.8 Å². The van der Waals surface area contributed by atoms with E-state index in [9.17, 15) is 9.90 Å². The molecule has 1 atom stereocenters. The summed E-state index contributed by atoms with van der Waals surface area (Å²) in [6.45, 7) is 10.6. The highest BCUT2D eigenvalue weighted by Crippen LogP contribution is 2.46. The third kappa shape index (κ3) is 4.35. The second kappa shape index (κ2) is 9.64. The summed E-state index contributed by atoms with van der Waals surface area (Å²) >= 11 is 1.50. The third-order valence-electron chi connectivity index (χ3n) is 6.36. The Morgan fingerprint density at radius 3 is 2.56 bits per heavy atom. The zero-order valence-corrected chi connectivity index (χ0v) is 21.0. The van der Waals surface area contributed by atoms with E-state index in [4.69, 9.17) is 9.72 Å². The molecule has 0 aliphatic carbocycles. The SMILES string of the molecule is CCn1nnc2c(C)c([C@H](c3nc(CO)c(C)s3)C(C)(C)C(=O)OCc3ccccc3)ccc21. The van der Waals surface area contributed by atoms with E-state index >= 15 is 0 Å². The number of carbonyl (C=O) groups excluding carboxylic acids is 1. The molecule has 0 saturated heterocycles. The summed E-state index contributed by atoms with van der Waals surface area (Å²) in [5.74, 6) is -0.688. The Bertz CT molecular complexity index is 1310. The van der Waals surface area contributed by atoms with Crippen LogP contribution >= 0.6 is 11.3 Å². The lowest BCUT2D eigenvalue weighted by Crippen LogP contribution is -2.34. The van der Waals surface area contributed by atoms with Gasteiger partial charge in [0.25, 0.3) is 0 Å². The van der Waals surface area contributed by atoms with Gasteiger partial charge >= 0.3 is 5.97 Å². The van der Waals surface area contributed by atoms with Gasteiger partial charge < -0.3 is 9.84 Å². The normalized spacial score (nSPS) is 12.8. The van der Waals surface area contributed by atoms with Gasteiger partial charge in [-0.05, 0) is 57.4 Å². The smallest absolute Gasteiger partial charge is 0.312 e. The van der Waals surface area contributed by atoms with Gasteiger partial charge in [-0.2, -0.15) is 0 Å². The molecule has 4 aromatic rings. The second-order valence-electron chi connectivity index (χ2n) is 8.98. The highest BCUT2D eigenvalue weighted by atomic mass is 32.1. The van der Waals surface area contributed by atoms with Gasteiger partial charge in [-0.15, -0.1) is 16.4 Å². The molecule has 178 valence electrons. The molecule has 0 saturated carbocycles. The lowest BCUT2D eigenvalue weighted by Gasteiger charge is -2.32. The molecule has 2 aromatic heterocycles. The molecule has 0 fully saturated rings. The molecule has 8 heteroatoms. The molecule has 2 heterocycles. The van der Waals surface area contributed by atoms with Gasteiger partial charge in [-0.25, -0.2) is 9.67 Å². The van der Waals surface area contributed by atoms with Gasteiger partial charge in [-0.1, -0.05) is 41.6 Å². The molecule has 0 aliphatic rings. The van der Waals surface area contributed by atoms with Crippen LogP contribution in [0.5, 0.6) is 0 Å². The van der Waals surface area contributed by atoms with Crippen molar-refractivity contribution in [1.29, 1.82) is 0 Å². The zero-order chi connectivity index (χ0) is 24.5. The molecule has 0 unspecified atom stereocenters. The maximum atomic E-state index is 13.5. The predicted octanol–water partition coefficient (Wildman–Crippen LogP) is 4.92. The monoisotopic (exact) mass is 478 g/mol. The molecule has 0 bridgehead atoms. The number of hydrogen-bond donors (Lipinski definition) is 1. The van der Waals surface area contributed by atoms with E-state index in [0.29, 0.717) is 5.69 Å². The quantitative estimate of drug-likeness (QED) is 0.362. The van der Waals surface area contributed by atoms with Crippen LogP contribution in [0.4, 0.5) is 0 Å². The lowest BCUT2D eigenvalue weighted by atomic mass is 9.73. The molecule has 2 aromatic carbocycles. The number of carbonyl (C=O) groups is 1. The Labute approximate surface area is 203 Å². The first-order valence-electron chi connectivity index (χ1n) is 11.4. The fraction of sp³-hybridized carbons (Fsp3) is 0.385. The summed E-state index contributed by atoms with van der Waals surface area (Å²) < 4.78 is 7.64. The third-order valence-corrected chi connectivity index (χ3v) is 7.44. The van der Waals surface area contributed by atoms with Gasteiger partial charge in [0.15, 0.2) is 0 Å². The van der Waals surface area contributed by atoms with Crippen molar-refractivity contribution in [3.05, 3.63) is 74.7 Å². The number of nitrogens with zero attached hydrogens (tertiary/aromatic N) is 4. The fourth-order valence-electron chi connectivity index (χ4n) is 4.31. The van der Waals surface area contributed by atoms with E-state index in [2.05, 4.69) is 10.3 Å². The molecule has 0 amide bonds. The number of esters is 1. The van der Waals surface area contributed by atoms with Crippen molar-refractivity contribution in [1.82, 2.24) is 20.0 Å². The van der Waals surface area contributed by atoms with Crippen LogP contribution in [-0.4, -0.2) is 31.1 Å². The average Bonchev–Trinajstić information content (AvgIpc) is 3.42. The Kier molecular flexibility index (Phi) is 6.81. The van der Waals surface area contributed by atoms with Crippen molar-refractivity contribution in [2.75, 3.05) is 0 Å².